The van der Waals surface area contributed by atoms with E-state index in [9.17, 15) is 9.59 Å². The van der Waals surface area contributed by atoms with E-state index in [4.69, 9.17) is 5.11 Å². The molecule has 1 aliphatic rings. The highest BCUT2D eigenvalue weighted by Gasteiger charge is 2.29. The van der Waals surface area contributed by atoms with Gasteiger partial charge in [0.25, 0.3) is 0 Å². The molecule has 150 valence electrons. The largest absolute Gasteiger partial charge is 0.478 e. The Labute approximate surface area is 179 Å². The SMILES string of the molecule is CN1C(=O)N(Cc2ccc(C(=O)O)cc2)Cc2sc(C#CCc3ccccc3)cc21. The van der Waals surface area contributed by atoms with Crippen LogP contribution < -0.4 is 4.90 Å². The van der Waals surface area contributed by atoms with Gasteiger partial charge in [-0.05, 0) is 29.3 Å². The zero-order valence-electron chi connectivity index (χ0n) is 16.5. The molecule has 4 rings (SSSR count). The lowest BCUT2D eigenvalue weighted by Crippen LogP contribution is -2.44. The summed E-state index contributed by atoms with van der Waals surface area (Å²) in [5.74, 6) is 5.48. The van der Waals surface area contributed by atoms with Crippen LogP contribution in [0.15, 0.2) is 60.7 Å². The van der Waals surface area contributed by atoms with Crippen molar-refractivity contribution in [2.45, 2.75) is 19.5 Å². The van der Waals surface area contributed by atoms with Gasteiger partial charge in [0.2, 0.25) is 0 Å². The van der Waals surface area contributed by atoms with E-state index in [2.05, 4.69) is 24.0 Å². The maximum atomic E-state index is 12.8. The number of carboxylic acid groups (broad SMARTS) is 1. The summed E-state index contributed by atoms with van der Waals surface area (Å²) in [6.45, 7) is 0.944. The van der Waals surface area contributed by atoms with Crippen LogP contribution >= 0.6 is 11.3 Å². The number of thiophene rings is 1. The zero-order valence-corrected chi connectivity index (χ0v) is 17.3. The average molecular weight is 417 g/mol. The highest BCUT2D eigenvalue weighted by Crippen LogP contribution is 2.35. The number of anilines is 1. The molecule has 2 aromatic carbocycles. The number of benzene rings is 2. The lowest BCUT2D eigenvalue weighted by molar-refractivity contribution is 0.0697. The van der Waals surface area contributed by atoms with Gasteiger partial charge in [-0.2, -0.15) is 0 Å². The molecule has 30 heavy (non-hydrogen) atoms. The van der Waals surface area contributed by atoms with Crippen molar-refractivity contribution in [3.05, 3.63) is 87.1 Å². The molecule has 5 nitrogen and oxygen atoms in total. The fraction of sp³-hybridized carbons (Fsp3) is 0.167. The molecule has 1 N–H and O–H groups in total. The van der Waals surface area contributed by atoms with Crippen molar-refractivity contribution in [3.8, 4) is 11.8 Å². The molecule has 0 atom stereocenters. The minimum atomic E-state index is -0.959. The van der Waals surface area contributed by atoms with Crippen molar-refractivity contribution in [1.29, 1.82) is 0 Å². The Morgan fingerprint density at radius 2 is 1.83 bits per heavy atom. The van der Waals surface area contributed by atoms with Gasteiger partial charge in [0, 0.05) is 24.9 Å². The van der Waals surface area contributed by atoms with Gasteiger partial charge in [0.05, 0.1) is 22.7 Å². The number of carbonyl (C=O) groups is 2. The van der Waals surface area contributed by atoms with Crippen LogP contribution in [0.5, 0.6) is 0 Å². The predicted octanol–water partition coefficient (Wildman–Crippen LogP) is 4.61. The molecule has 1 aliphatic heterocycles. The molecular weight excluding hydrogens is 396 g/mol. The number of carbonyl (C=O) groups excluding carboxylic acids is 1. The summed E-state index contributed by atoms with van der Waals surface area (Å²) in [6.07, 6.45) is 0.691. The first-order valence-electron chi connectivity index (χ1n) is 9.51. The van der Waals surface area contributed by atoms with Crippen LogP contribution in [0.2, 0.25) is 0 Å². The number of rotatable bonds is 4. The summed E-state index contributed by atoms with van der Waals surface area (Å²) in [7, 11) is 1.77. The van der Waals surface area contributed by atoms with E-state index in [0.717, 1.165) is 21.0 Å². The summed E-state index contributed by atoms with van der Waals surface area (Å²) in [5.41, 5.74) is 3.22. The highest BCUT2D eigenvalue weighted by atomic mass is 32.1. The molecule has 0 fully saturated rings. The molecule has 0 unspecified atom stereocenters. The lowest BCUT2D eigenvalue weighted by atomic mass is 10.1. The van der Waals surface area contributed by atoms with E-state index in [-0.39, 0.29) is 11.6 Å². The standard InChI is InChI=1S/C24H20N2O3S/c1-25-21-14-20(9-5-8-17-6-3-2-4-7-17)30-22(21)16-26(24(25)29)15-18-10-12-19(13-11-18)23(27)28/h2-4,6-7,10-14H,8,15-16H2,1H3,(H,27,28). The first kappa shape index (κ1) is 19.7. The Bertz CT molecular complexity index is 1140. The molecular formula is C24H20N2O3S. The van der Waals surface area contributed by atoms with E-state index in [1.165, 1.54) is 5.56 Å². The molecule has 6 heteroatoms. The highest BCUT2D eigenvalue weighted by molar-refractivity contribution is 7.13. The normalized spacial score (nSPS) is 12.9. The van der Waals surface area contributed by atoms with Crippen molar-refractivity contribution in [2.24, 2.45) is 0 Å². The summed E-state index contributed by atoms with van der Waals surface area (Å²) in [6, 6.07) is 18.6. The average Bonchev–Trinajstić information content (AvgIpc) is 3.16. The van der Waals surface area contributed by atoms with Crippen molar-refractivity contribution >= 4 is 29.0 Å². The molecule has 0 radical (unpaired) electrons. The Balaban J connectivity index is 1.48. The first-order valence-corrected chi connectivity index (χ1v) is 10.3. The fourth-order valence-electron chi connectivity index (χ4n) is 3.36. The monoisotopic (exact) mass is 416 g/mol. The third kappa shape index (κ3) is 4.22. The molecule has 1 aromatic heterocycles. The Morgan fingerprint density at radius 1 is 1.10 bits per heavy atom. The van der Waals surface area contributed by atoms with Gasteiger partial charge in [-0.1, -0.05) is 54.3 Å². The second-order valence-electron chi connectivity index (χ2n) is 7.08. The van der Waals surface area contributed by atoms with E-state index in [0.29, 0.717) is 19.5 Å². The van der Waals surface area contributed by atoms with Crippen LogP contribution in [0.1, 0.15) is 31.2 Å². The van der Waals surface area contributed by atoms with E-state index in [1.807, 2.05) is 24.3 Å². The number of nitrogens with zero attached hydrogens (tertiary/aromatic N) is 2. The summed E-state index contributed by atoms with van der Waals surface area (Å²) < 4.78 is 0. The third-order valence-electron chi connectivity index (χ3n) is 4.96. The van der Waals surface area contributed by atoms with Crippen molar-refractivity contribution in [1.82, 2.24) is 4.90 Å². The summed E-state index contributed by atoms with van der Waals surface area (Å²) in [4.78, 5) is 29.3. The van der Waals surface area contributed by atoms with Crippen molar-refractivity contribution < 1.29 is 14.7 Å². The minimum absolute atomic E-state index is 0.0774. The molecule has 0 spiro atoms. The van der Waals surface area contributed by atoms with Crippen LogP contribution in [0.4, 0.5) is 10.5 Å². The minimum Gasteiger partial charge on any atom is -0.478 e. The van der Waals surface area contributed by atoms with Gasteiger partial charge >= 0.3 is 12.0 Å². The maximum absolute atomic E-state index is 12.8. The van der Waals surface area contributed by atoms with Gasteiger partial charge in [0.15, 0.2) is 0 Å². The van der Waals surface area contributed by atoms with E-state index >= 15 is 0 Å². The Hall–Kier alpha value is -3.56. The van der Waals surface area contributed by atoms with Crippen molar-refractivity contribution in [3.63, 3.8) is 0 Å². The Morgan fingerprint density at radius 3 is 2.53 bits per heavy atom. The van der Waals surface area contributed by atoms with Crippen LogP contribution in [0, 0.1) is 11.8 Å². The number of carboxylic acids is 1. The van der Waals surface area contributed by atoms with Gasteiger partial charge in [0.1, 0.15) is 0 Å². The number of hydrogen-bond acceptors (Lipinski definition) is 3. The van der Waals surface area contributed by atoms with Gasteiger partial charge in [-0.25, -0.2) is 9.59 Å². The molecule has 0 aliphatic carbocycles. The van der Waals surface area contributed by atoms with Crippen molar-refractivity contribution in [2.75, 3.05) is 11.9 Å². The number of amides is 2. The summed E-state index contributed by atoms with van der Waals surface area (Å²) in [5, 5.41) is 9.03. The molecule has 0 bridgehead atoms. The van der Waals surface area contributed by atoms with Gasteiger partial charge in [-0.3, -0.25) is 4.90 Å². The number of aromatic carboxylic acids is 1. The third-order valence-corrected chi connectivity index (χ3v) is 5.99. The number of fused-ring (bicyclic) bond motifs is 1. The Kier molecular flexibility index (Phi) is 5.55. The lowest BCUT2D eigenvalue weighted by Gasteiger charge is -2.33. The molecule has 3 aromatic rings. The number of urea groups is 1. The maximum Gasteiger partial charge on any atom is 0.335 e. The zero-order chi connectivity index (χ0) is 21.1. The fourth-order valence-corrected chi connectivity index (χ4v) is 4.44. The van der Waals surface area contributed by atoms with Crippen LogP contribution in [-0.2, 0) is 19.5 Å². The van der Waals surface area contributed by atoms with E-state index < -0.39 is 5.97 Å². The quantitative estimate of drug-likeness (QED) is 0.632. The molecule has 0 saturated carbocycles. The molecule has 2 amide bonds. The van der Waals surface area contributed by atoms with Gasteiger partial charge in [-0.15, -0.1) is 11.3 Å². The first-order chi connectivity index (χ1) is 14.5. The molecule has 2 heterocycles. The van der Waals surface area contributed by atoms with Gasteiger partial charge < -0.3 is 10.0 Å². The second kappa shape index (κ2) is 8.44. The van der Waals surface area contributed by atoms with Crippen LogP contribution in [0.3, 0.4) is 0 Å². The number of hydrogen-bond donors (Lipinski definition) is 1. The summed E-state index contributed by atoms with van der Waals surface area (Å²) >= 11 is 1.61. The second-order valence-corrected chi connectivity index (χ2v) is 8.22. The smallest absolute Gasteiger partial charge is 0.335 e. The predicted molar refractivity (Wildman–Crippen MR) is 118 cm³/mol. The van der Waals surface area contributed by atoms with Crippen LogP contribution in [-0.4, -0.2) is 29.1 Å². The topological polar surface area (TPSA) is 60.9 Å². The van der Waals surface area contributed by atoms with Crippen LogP contribution in [0.25, 0.3) is 0 Å². The van der Waals surface area contributed by atoms with E-state index in [1.54, 1.807) is 52.4 Å². The molecule has 0 saturated heterocycles.